The summed E-state index contributed by atoms with van der Waals surface area (Å²) in [6, 6.07) is 5.47. The van der Waals surface area contributed by atoms with Crippen LogP contribution < -0.4 is 0 Å². The Balaban J connectivity index is 3.15. The monoisotopic (exact) mass is 240 g/mol. The molecule has 0 atom stereocenters. The zero-order valence-electron chi connectivity index (χ0n) is 10.1. The molecule has 0 N–H and O–H groups in total. The summed E-state index contributed by atoms with van der Waals surface area (Å²) in [7, 11) is 0. The molecule has 88 valence electrons. The van der Waals surface area contributed by atoms with Gasteiger partial charge in [0.25, 0.3) is 0 Å². The Morgan fingerprint density at radius 1 is 1.25 bits per heavy atom. The van der Waals surface area contributed by atoms with E-state index in [1.807, 2.05) is 39.8 Å². The topological polar surface area (TPSA) is 26.3 Å². The normalized spacial score (nSPS) is 10.9. The summed E-state index contributed by atoms with van der Waals surface area (Å²) in [4.78, 5) is 11.9. The summed E-state index contributed by atoms with van der Waals surface area (Å²) < 4.78 is 5.18. The number of benzene rings is 1. The average Bonchev–Trinajstić information content (AvgIpc) is 2.15. The van der Waals surface area contributed by atoms with Gasteiger partial charge >= 0.3 is 5.97 Å². The van der Waals surface area contributed by atoms with Crippen molar-refractivity contribution in [3.8, 4) is 0 Å². The van der Waals surface area contributed by atoms with Crippen molar-refractivity contribution in [2.45, 2.75) is 39.7 Å². The van der Waals surface area contributed by atoms with Gasteiger partial charge in [-0.1, -0.05) is 37.6 Å². The highest BCUT2D eigenvalue weighted by molar-refractivity contribution is 6.33. The summed E-state index contributed by atoms with van der Waals surface area (Å²) in [5.41, 5.74) is 1.42. The quantitative estimate of drug-likeness (QED) is 0.746. The maximum atomic E-state index is 11.9. The van der Waals surface area contributed by atoms with E-state index in [2.05, 4.69) is 0 Å². The molecule has 3 heteroatoms. The fraction of sp³-hybridized carbons (Fsp3) is 0.462. The molecular weight excluding hydrogens is 224 g/mol. The lowest BCUT2D eigenvalue weighted by atomic mass is 9.97. The molecule has 0 fully saturated rings. The summed E-state index contributed by atoms with van der Waals surface area (Å²) in [6.07, 6.45) is -0.135. The third-order valence-electron chi connectivity index (χ3n) is 2.21. The Bertz CT molecular complexity index is 384. The summed E-state index contributed by atoms with van der Waals surface area (Å²) >= 11 is 6.05. The van der Waals surface area contributed by atoms with Gasteiger partial charge in [0.15, 0.2) is 0 Å². The minimum atomic E-state index is -0.343. The first-order valence-corrected chi connectivity index (χ1v) is 5.80. The molecule has 16 heavy (non-hydrogen) atoms. The highest BCUT2D eigenvalue weighted by atomic mass is 35.5. The molecule has 0 spiro atoms. The van der Waals surface area contributed by atoms with E-state index in [0.717, 1.165) is 5.56 Å². The molecule has 0 aliphatic heterocycles. The fourth-order valence-corrected chi connectivity index (χ4v) is 1.77. The van der Waals surface area contributed by atoms with Crippen LogP contribution in [0.2, 0.25) is 5.02 Å². The third kappa shape index (κ3) is 2.99. The van der Waals surface area contributed by atoms with E-state index in [4.69, 9.17) is 16.3 Å². The first-order valence-electron chi connectivity index (χ1n) is 5.43. The molecule has 0 heterocycles. The second-order valence-electron chi connectivity index (χ2n) is 4.31. The molecule has 0 aromatic heterocycles. The third-order valence-corrected chi connectivity index (χ3v) is 2.53. The number of esters is 1. The van der Waals surface area contributed by atoms with Crippen LogP contribution >= 0.6 is 11.6 Å². The second-order valence-corrected chi connectivity index (χ2v) is 4.72. The Morgan fingerprint density at radius 2 is 1.88 bits per heavy atom. The van der Waals surface area contributed by atoms with Gasteiger partial charge in [-0.2, -0.15) is 0 Å². The number of hydrogen-bond donors (Lipinski definition) is 0. The average molecular weight is 241 g/mol. The van der Waals surface area contributed by atoms with Crippen LogP contribution in [-0.4, -0.2) is 12.1 Å². The van der Waals surface area contributed by atoms with Crippen molar-refractivity contribution >= 4 is 17.6 Å². The van der Waals surface area contributed by atoms with Crippen molar-refractivity contribution in [1.82, 2.24) is 0 Å². The van der Waals surface area contributed by atoms with E-state index >= 15 is 0 Å². The van der Waals surface area contributed by atoms with Crippen molar-refractivity contribution in [3.05, 3.63) is 34.3 Å². The molecular formula is C13H17ClO2. The van der Waals surface area contributed by atoms with Crippen LogP contribution in [0.5, 0.6) is 0 Å². The molecule has 2 nitrogen and oxygen atoms in total. The number of ether oxygens (including phenoxy) is 1. The van der Waals surface area contributed by atoms with Crippen LogP contribution in [-0.2, 0) is 4.74 Å². The van der Waals surface area contributed by atoms with Crippen LogP contribution in [0.15, 0.2) is 18.2 Å². The van der Waals surface area contributed by atoms with Gasteiger partial charge in [0.05, 0.1) is 16.7 Å². The predicted octanol–water partition coefficient (Wildman–Crippen LogP) is 4.03. The summed E-state index contributed by atoms with van der Waals surface area (Å²) in [5, 5.41) is 0.455. The van der Waals surface area contributed by atoms with Crippen molar-refractivity contribution in [1.29, 1.82) is 0 Å². The van der Waals surface area contributed by atoms with Crippen LogP contribution in [0.3, 0.4) is 0 Å². The first kappa shape index (κ1) is 13.0. The van der Waals surface area contributed by atoms with Gasteiger partial charge in [0.1, 0.15) is 0 Å². The molecule has 1 aromatic rings. The molecule has 0 amide bonds. The lowest BCUT2D eigenvalue weighted by Crippen LogP contribution is -2.14. The number of carbonyl (C=O) groups excluding carboxylic acids is 1. The number of carbonyl (C=O) groups is 1. The smallest absolute Gasteiger partial charge is 0.340 e. The van der Waals surface area contributed by atoms with E-state index in [1.54, 1.807) is 6.07 Å². The lowest BCUT2D eigenvalue weighted by molar-refractivity contribution is 0.0376. The van der Waals surface area contributed by atoms with E-state index in [-0.39, 0.29) is 18.0 Å². The number of halogens is 1. The maximum Gasteiger partial charge on any atom is 0.340 e. The standard InChI is InChI=1S/C13H17ClO2/c1-8(2)10-6-5-7-11(14)12(10)13(15)16-9(3)4/h5-9H,1-4H3. The van der Waals surface area contributed by atoms with Crippen molar-refractivity contribution in [2.75, 3.05) is 0 Å². The zero-order valence-corrected chi connectivity index (χ0v) is 10.8. The Hall–Kier alpha value is -1.02. The molecule has 0 saturated heterocycles. The Morgan fingerprint density at radius 3 is 2.38 bits per heavy atom. The van der Waals surface area contributed by atoms with Crippen molar-refractivity contribution < 1.29 is 9.53 Å². The second kappa shape index (κ2) is 5.35. The Kier molecular flexibility index (Phi) is 4.36. The zero-order chi connectivity index (χ0) is 12.3. The molecule has 0 aliphatic carbocycles. The SMILES string of the molecule is CC(C)OC(=O)c1c(Cl)cccc1C(C)C. The number of rotatable bonds is 3. The Labute approximate surface area is 102 Å². The first-order chi connectivity index (χ1) is 7.43. The van der Waals surface area contributed by atoms with Crippen LogP contribution in [0, 0.1) is 0 Å². The summed E-state index contributed by atoms with van der Waals surface area (Å²) in [5.74, 6) is -0.0993. The van der Waals surface area contributed by atoms with Crippen LogP contribution in [0.1, 0.15) is 49.5 Å². The lowest BCUT2D eigenvalue weighted by Gasteiger charge is -2.15. The van der Waals surface area contributed by atoms with Gasteiger partial charge in [-0.3, -0.25) is 0 Å². The largest absolute Gasteiger partial charge is 0.459 e. The molecule has 0 unspecified atom stereocenters. The highest BCUT2D eigenvalue weighted by Gasteiger charge is 2.19. The molecule has 0 aliphatic rings. The minimum Gasteiger partial charge on any atom is -0.459 e. The van der Waals surface area contributed by atoms with Gasteiger partial charge in [-0.15, -0.1) is 0 Å². The molecule has 1 aromatic carbocycles. The minimum absolute atomic E-state index is 0.135. The summed E-state index contributed by atoms with van der Waals surface area (Å²) in [6.45, 7) is 7.70. The number of hydrogen-bond acceptors (Lipinski definition) is 2. The van der Waals surface area contributed by atoms with Gasteiger partial charge in [0.2, 0.25) is 0 Å². The molecule has 0 bridgehead atoms. The molecule has 0 radical (unpaired) electrons. The van der Waals surface area contributed by atoms with Crippen LogP contribution in [0.4, 0.5) is 0 Å². The molecule has 0 saturated carbocycles. The van der Waals surface area contributed by atoms with Gasteiger partial charge in [-0.25, -0.2) is 4.79 Å². The van der Waals surface area contributed by atoms with Gasteiger partial charge in [0, 0.05) is 0 Å². The highest BCUT2D eigenvalue weighted by Crippen LogP contribution is 2.27. The fourth-order valence-electron chi connectivity index (χ4n) is 1.51. The van der Waals surface area contributed by atoms with Gasteiger partial charge in [-0.05, 0) is 31.4 Å². The van der Waals surface area contributed by atoms with Crippen molar-refractivity contribution in [3.63, 3.8) is 0 Å². The van der Waals surface area contributed by atoms with E-state index in [1.165, 1.54) is 0 Å². The van der Waals surface area contributed by atoms with Crippen molar-refractivity contribution in [2.24, 2.45) is 0 Å². The predicted molar refractivity (Wildman–Crippen MR) is 66.1 cm³/mol. The molecule has 1 rings (SSSR count). The van der Waals surface area contributed by atoms with E-state index in [9.17, 15) is 4.79 Å². The maximum absolute atomic E-state index is 11.9. The van der Waals surface area contributed by atoms with Gasteiger partial charge < -0.3 is 4.74 Å². The van der Waals surface area contributed by atoms with Crippen LogP contribution in [0.25, 0.3) is 0 Å². The van der Waals surface area contributed by atoms with E-state index in [0.29, 0.717) is 10.6 Å². The van der Waals surface area contributed by atoms with E-state index < -0.39 is 0 Å².